The lowest BCUT2D eigenvalue weighted by molar-refractivity contribution is -0.170. The average molecular weight is 357 g/mol. The topological polar surface area (TPSA) is 46.9 Å². The Morgan fingerprint density at radius 1 is 1.32 bits per heavy atom. The Kier molecular flexibility index (Phi) is 5.49. The third-order valence-corrected chi connectivity index (χ3v) is 4.05. The molecule has 1 aromatic carbocycles. The molecule has 0 spiro atoms. The normalized spacial score (nSPS) is 12.9. The van der Waals surface area contributed by atoms with Crippen molar-refractivity contribution in [2.24, 2.45) is 13.0 Å². The number of aryl methyl sites for hydroxylation is 3. The number of hydrogen-bond donors (Lipinski definition) is 1. The molecule has 0 radical (unpaired) electrons. The summed E-state index contributed by atoms with van der Waals surface area (Å²) in [7, 11) is 1.38. The van der Waals surface area contributed by atoms with Crippen LogP contribution in [0.3, 0.4) is 0 Å². The second-order valence-corrected chi connectivity index (χ2v) is 5.97. The number of carbonyl (C=O) groups is 1. The number of amides is 1. The number of hydrogen-bond acceptors (Lipinski definition) is 2. The number of nitrogens with one attached hydrogen (secondary N) is 1. The highest BCUT2D eigenvalue weighted by molar-refractivity contribution is 6.05. The van der Waals surface area contributed by atoms with Gasteiger partial charge in [0.2, 0.25) is 5.95 Å². The van der Waals surface area contributed by atoms with Crippen LogP contribution in [0.5, 0.6) is 0 Å². The Balaban J connectivity index is 2.16. The van der Waals surface area contributed by atoms with Crippen molar-refractivity contribution >= 4 is 11.6 Å². The van der Waals surface area contributed by atoms with Crippen LogP contribution in [0, 0.1) is 18.8 Å². The molecular weight excluding hydrogens is 338 g/mol. The van der Waals surface area contributed by atoms with Gasteiger partial charge in [-0.25, -0.2) is 4.68 Å². The molecule has 0 aliphatic heterocycles. The fourth-order valence-electron chi connectivity index (χ4n) is 2.47. The van der Waals surface area contributed by atoms with Gasteiger partial charge >= 0.3 is 6.18 Å². The molecule has 136 valence electrons. The van der Waals surface area contributed by atoms with Crippen LogP contribution in [0.2, 0.25) is 0 Å². The lowest BCUT2D eigenvalue weighted by Crippen LogP contribution is -2.20. The molecule has 0 bridgehead atoms. The fraction of sp³-hybridized carbons (Fsp3) is 0.412. The maximum atomic E-state index is 14.0. The quantitative estimate of drug-likeness (QED) is 0.813. The Morgan fingerprint density at radius 3 is 2.52 bits per heavy atom. The van der Waals surface area contributed by atoms with Gasteiger partial charge in [-0.3, -0.25) is 4.79 Å². The number of nitrogens with zero attached hydrogens (tertiary/aromatic N) is 2. The second-order valence-electron chi connectivity index (χ2n) is 5.97. The van der Waals surface area contributed by atoms with Gasteiger partial charge in [-0.1, -0.05) is 25.1 Å². The summed E-state index contributed by atoms with van der Waals surface area (Å²) in [5.41, 5.74) is 0.986. The number of halogens is 4. The van der Waals surface area contributed by atoms with E-state index in [0.717, 1.165) is 11.6 Å². The van der Waals surface area contributed by atoms with Crippen molar-refractivity contribution in [3.63, 3.8) is 0 Å². The summed E-state index contributed by atoms with van der Waals surface area (Å²) in [5, 5.41) is 6.41. The summed E-state index contributed by atoms with van der Waals surface area (Å²) < 4.78 is 52.9. The van der Waals surface area contributed by atoms with Crippen LogP contribution < -0.4 is 5.32 Å². The van der Waals surface area contributed by atoms with Crippen molar-refractivity contribution < 1.29 is 22.4 Å². The molecule has 8 heteroatoms. The highest BCUT2D eigenvalue weighted by atomic mass is 19.4. The predicted octanol–water partition coefficient (Wildman–Crippen LogP) is 4.25. The van der Waals surface area contributed by atoms with Crippen molar-refractivity contribution in [1.82, 2.24) is 9.78 Å². The van der Waals surface area contributed by atoms with E-state index in [1.54, 1.807) is 24.3 Å². The first kappa shape index (κ1) is 19.0. The summed E-state index contributed by atoms with van der Waals surface area (Å²) in [6, 6.07) is 6.55. The first-order chi connectivity index (χ1) is 11.6. The smallest absolute Gasteiger partial charge is 0.322 e. The van der Waals surface area contributed by atoms with Crippen LogP contribution in [0.4, 0.5) is 23.2 Å². The summed E-state index contributed by atoms with van der Waals surface area (Å²) in [6.07, 6.45) is -4.21. The van der Waals surface area contributed by atoms with Gasteiger partial charge in [-0.15, -0.1) is 0 Å². The molecule has 1 unspecified atom stereocenters. The molecule has 1 atom stereocenters. The van der Waals surface area contributed by atoms with E-state index in [9.17, 15) is 22.4 Å². The van der Waals surface area contributed by atoms with Crippen LogP contribution in [0.25, 0.3) is 0 Å². The van der Waals surface area contributed by atoms with Gasteiger partial charge in [0.15, 0.2) is 0 Å². The molecule has 0 saturated carbocycles. The van der Waals surface area contributed by atoms with Gasteiger partial charge in [-0.05, 0) is 31.4 Å². The molecule has 4 nitrogen and oxygen atoms in total. The first-order valence-corrected chi connectivity index (χ1v) is 7.76. The Hall–Kier alpha value is -2.38. The molecule has 0 aliphatic carbocycles. The van der Waals surface area contributed by atoms with Crippen molar-refractivity contribution in [3.05, 3.63) is 47.0 Å². The van der Waals surface area contributed by atoms with Crippen LogP contribution in [0.15, 0.2) is 24.3 Å². The average Bonchev–Trinajstić information content (AvgIpc) is 2.77. The standard InChI is InChI=1S/C17H19F4N3O/c1-10(17(19,20)21)8-9-12-6-4-5-7-13(12)22-16(25)14-11(2)23-24(3)15(14)18/h4-7,10H,8-9H2,1-3H3,(H,22,25). The zero-order valence-corrected chi connectivity index (χ0v) is 14.1. The third-order valence-electron chi connectivity index (χ3n) is 4.05. The Bertz CT molecular complexity index is 768. The number of carbonyl (C=O) groups excluding carboxylic acids is 1. The number of anilines is 1. The second kappa shape index (κ2) is 7.25. The Labute approximate surface area is 142 Å². The zero-order valence-electron chi connectivity index (χ0n) is 14.1. The molecule has 1 amide bonds. The molecule has 2 rings (SSSR count). The van der Waals surface area contributed by atoms with E-state index in [2.05, 4.69) is 10.4 Å². The van der Waals surface area contributed by atoms with Gasteiger partial charge in [-0.2, -0.15) is 22.7 Å². The number of rotatable bonds is 5. The monoisotopic (exact) mass is 357 g/mol. The van der Waals surface area contributed by atoms with Crippen molar-refractivity contribution in [2.45, 2.75) is 32.9 Å². The van der Waals surface area contributed by atoms with Gasteiger partial charge < -0.3 is 5.32 Å². The summed E-state index contributed by atoms with van der Waals surface area (Å²) >= 11 is 0. The van der Waals surface area contributed by atoms with Gasteiger partial charge in [0, 0.05) is 12.7 Å². The number of para-hydroxylation sites is 1. The summed E-state index contributed by atoms with van der Waals surface area (Å²) in [6.45, 7) is 2.63. The number of aromatic nitrogens is 2. The highest BCUT2D eigenvalue weighted by Gasteiger charge is 2.35. The minimum absolute atomic E-state index is 0.101. The SMILES string of the molecule is Cc1nn(C)c(F)c1C(=O)Nc1ccccc1CCC(C)C(F)(F)F. The van der Waals surface area contributed by atoms with Crippen molar-refractivity contribution in [2.75, 3.05) is 5.32 Å². The fourth-order valence-corrected chi connectivity index (χ4v) is 2.47. The predicted molar refractivity (Wildman–Crippen MR) is 85.8 cm³/mol. The van der Waals surface area contributed by atoms with Gasteiger partial charge in [0.1, 0.15) is 5.56 Å². The maximum Gasteiger partial charge on any atom is 0.391 e. The van der Waals surface area contributed by atoms with Gasteiger partial charge in [0.25, 0.3) is 5.91 Å². The molecule has 0 fully saturated rings. The molecule has 1 heterocycles. The third kappa shape index (κ3) is 4.37. The van der Waals surface area contributed by atoms with E-state index in [1.807, 2.05) is 0 Å². The molecule has 1 aromatic heterocycles. The molecule has 2 aromatic rings. The Morgan fingerprint density at radius 2 is 1.96 bits per heavy atom. The lowest BCUT2D eigenvalue weighted by Gasteiger charge is -2.16. The van der Waals surface area contributed by atoms with E-state index < -0.39 is 23.9 Å². The van der Waals surface area contributed by atoms with Crippen LogP contribution >= 0.6 is 0 Å². The van der Waals surface area contributed by atoms with E-state index >= 15 is 0 Å². The summed E-state index contributed by atoms with van der Waals surface area (Å²) in [4.78, 5) is 12.3. The molecule has 0 aliphatic rings. The minimum atomic E-state index is -4.26. The van der Waals surface area contributed by atoms with Gasteiger partial charge in [0.05, 0.1) is 11.6 Å². The van der Waals surface area contributed by atoms with Crippen LogP contribution in [0.1, 0.15) is 35.0 Å². The highest BCUT2D eigenvalue weighted by Crippen LogP contribution is 2.30. The molecule has 25 heavy (non-hydrogen) atoms. The minimum Gasteiger partial charge on any atom is -0.322 e. The van der Waals surface area contributed by atoms with E-state index in [0.29, 0.717) is 11.3 Å². The zero-order chi connectivity index (χ0) is 18.8. The van der Waals surface area contributed by atoms with E-state index in [4.69, 9.17) is 0 Å². The number of alkyl halides is 3. The maximum absolute atomic E-state index is 14.0. The van der Waals surface area contributed by atoms with E-state index in [-0.39, 0.29) is 24.1 Å². The largest absolute Gasteiger partial charge is 0.391 e. The van der Waals surface area contributed by atoms with Crippen LogP contribution in [-0.4, -0.2) is 21.9 Å². The molecular formula is C17H19F4N3O. The van der Waals surface area contributed by atoms with Crippen LogP contribution in [-0.2, 0) is 13.5 Å². The van der Waals surface area contributed by atoms with Crippen molar-refractivity contribution in [3.8, 4) is 0 Å². The molecule has 0 saturated heterocycles. The number of benzene rings is 1. The molecule has 1 N–H and O–H groups in total. The lowest BCUT2D eigenvalue weighted by atomic mass is 9.99. The first-order valence-electron chi connectivity index (χ1n) is 7.76. The summed E-state index contributed by atoms with van der Waals surface area (Å²) in [5.74, 6) is -2.90. The van der Waals surface area contributed by atoms with Crippen molar-refractivity contribution in [1.29, 1.82) is 0 Å². The van der Waals surface area contributed by atoms with E-state index in [1.165, 1.54) is 14.0 Å².